The molecule has 26 heavy (non-hydrogen) atoms. The summed E-state index contributed by atoms with van der Waals surface area (Å²) < 4.78 is 5.98. The van der Waals surface area contributed by atoms with Gasteiger partial charge >= 0.3 is 0 Å². The second-order valence-corrected chi connectivity index (χ2v) is 5.68. The Kier molecular flexibility index (Phi) is 5.25. The van der Waals surface area contributed by atoms with Crippen molar-refractivity contribution in [1.29, 1.82) is 5.26 Å². The molecule has 0 atom stereocenters. The van der Waals surface area contributed by atoms with E-state index in [-0.39, 0.29) is 12.5 Å². The molecule has 0 aliphatic rings. The monoisotopic (exact) mass is 343 g/mol. The SMILES string of the molecule is CC(=O)N/N=C/c1c(OCc2ccccc2C#N)ccc2ccccc12. The number of hydrazone groups is 1. The predicted molar refractivity (Wildman–Crippen MR) is 101 cm³/mol. The highest BCUT2D eigenvalue weighted by molar-refractivity contribution is 6.02. The smallest absolute Gasteiger partial charge is 0.236 e. The number of nitrogens with one attached hydrogen (secondary N) is 1. The lowest BCUT2D eigenvalue weighted by Crippen LogP contribution is -2.12. The van der Waals surface area contributed by atoms with E-state index < -0.39 is 0 Å². The van der Waals surface area contributed by atoms with E-state index in [2.05, 4.69) is 16.6 Å². The van der Waals surface area contributed by atoms with Crippen LogP contribution in [0.3, 0.4) is 0 Å². The number of nitrogens with zero attached hydrogens (tertiary/aromatic N) is 2. The number of nitriles is 1. The van der Waals surface area contributed by atoms with Crippen molar-refractivity contribution in [2.75, 3.05) is 0 Å². The van der Waals surface area contributed by atoms with E-state index in [9.17, 15) is 10.1 Å². The Bertz CT molecular complexity index is 1020. The van der Waals surface area contributed by atoms with Crippen molar-refractivity contribution in [3.05, 3.63) is 77.4 Å². The quantitative estimate of drug-likeness (QED) is 0.566. The maximum absolute atomic E-state index is 11.1. The Morgan fingerprint density at radius 2 is 1.92 bits per heavy atom. The average molecular weight is 343 g/mol. The molecule has 0 radical (unpaired) electrons. The van der Waals surface area contributed by atoms with Crippen LogP contribution >= 0.6 is 0 Å². The zero-order valence-corrected chi connectivity index (χ0v) is 14.3. The fourth-order valence-electron chi connectivity index (χ4n) is 2.63. The van der Waals surface area contributed by atoms with Crippen LogP contribution in [0.15, 0.2) is 65.8 Å². The van der Waals surface area contributed by atoms with Gasteiger partial charge in [0.1, 0.15) is 12.4 Å². The summed E-state index contributed by atoms with van der Waals surface area (Å²) in [6.07, 6.45) is 1.58. The molecular formula is C21H17N3O2. The van der Waals surface area contributed by atoms with E-state index >= 15 is 0 Å². The molecule has 5 heteroatoms. The van der Waals surface area contributed by atoms with Crippen molar-refractivity contribution in [1.82, 2.24) is 5.43 Å². The van der Waals surface area contributed by atoms with Gasteiger partial charge in [-0.15, -0.1) is 0 Å². The molecule has 0 saturated heterocycles. The van der Waals surface area contributed by atoms with Gasteiger partial charge in [0.15, 0.2) is 0 Å². The topological polar surface area (TPSA) is 74.5 Å². The minimum absolute atomic E-state index is 0.244. The van der Waals surface area contributed by atoms with E-state index in [0.717, 1.165) is 21.9 Å². The standard InChI is InChI=1S/C21H17N3O2/c1-15(25)24-23-13-20-19-9-5-4-6-16(19)10-11-21(20)26-14-18-8-3-2-7-17(18)12-22/h2-11,13H,14H2,1H3,(H,24,25)/b23-13+. The van der Waals surface area contributed by atoms with Crippen LogP contribution in [0.4, 0.5) is 0 Å². The zero-order valence-electron chi connectivity index (χ0n) is 14.3. The summed E-state index contributed by atoms with van der Waals surface area (Å²) in [5.41, 5.74) is 4.58. The third-order valence-corrected chi connectivity index (χ3v) is 3.87. The van der Waals surface area contributed by atoms with Gasteiger partial charge in [-0.2, -0.15) is 10.4 Å². The van der Waals surface area contributed by atoms with Gasteiger partial charge in [-0.1, -0.05) is 48.5 Å². The van der Waals surface area contributed by atoms with Crippen LogP contribution in [0, 0.1) is 11.3 Å². The lowest BCUT2D eigenvalue weighted by molar-refractivity contribution is -0.118. The van der Waals surface area contributed by atoms with Crippen LogP contribution in [0.2, 0.25) is 0 Å². The van der Waals surface area contributed by atoms with Gasteiger partial charge in [0, 0.05) is 18.1 Å². The number of carbonyl (C=O) groups excluding carboxylic acids is 1. The number of hydrogen-bond acceptors (Lipinski definition) is 4. The van der Waals surface area contributed by atoms with Crippen LogP contribution < -0.4 is 10.2 Å². The minimum atomic E-state index is -0.244. The van der Waals surface area contributed by atoms with Gasteiger partial charge in [-0.25, -0.2) is 5.43 Å². The van der Waals surface area contributed by atoms with Gasteiger partial charge in [-0.05, 0) is 22.9 Å². The van der Waals surface area contributed by atoms with Crippen LogP contribution in [-0.2, 0) is 11.4 Å². The summed E-state index contributed by atoms with van der Waals surface area (Å²) in [7, 11) is 0. The molecule has 5 nitrogen and oxygen atoms in total. The van der Waals surface area contributed by atoms with Crippen molar-refractivity contribution in [3.8, 4) is 11.8 Å². The molecule has 3 rings (SSSR count). The molecule has 0 aliphatic heterocycles. The molecule has 1 amide bonds. The molecule has 128 valence electrons. The van der Waals surface area contributed by atoms with Gasteiger partial charge in [0.05, 0.1) is 17.8 Å². The van der Waals surface area contributed by atoms with E-state index in [1.54, 1.807) is 12.3 Å². The first-order valence-electron chi connectivity index (χ1n) is 8.11. The molecule has 0 bridgehead atoms. The van der Waals surface area contributed by atoms with Crippen LogP contribution in [-0.4, -0.2) is 12.1 Å². The van der Waals surface area contributed by atoms with E-state index in [1.807, 2.05) is 54.6 Å². The Morgan fingerprint density at radius 1 is 1.15 bits per heavy atom. The Balaban J connectivity index is 1.95. The molecule has 1 N–H and O–H groups in total. The number of benzene rings is 3. The Hall–Kier alpha value is -3.65. The number of carbonyl (C=O) groups is 1. The first kappa shape index (κ1) is 17.2. The highest BCUT2D eigenvalue weighted by Gasteiger charge is 2.09. The number of rotatable bonds is 5. The average Bonchev–Trinajstić information content (AvgIpc) is 2.67. The van der Waals surface area contributed by atoms with Crippen molar-refractivity contribution in [2.45, 2.75) is 13.5 Å². The molecule has 0 spiro atoms. The predicted octanol–water partition coefficient (Wildman–Crippen LogP) is 3.76. The Morgan fingerprint density at radius 3 is 2.73 bits per heavy atom. The Labute approximate surface area is 151 Å². The number of fused-ring (bicyclic) bond motifs is 1. The first-order valence-corrected chi connectivity index (χ1v) is 8.11. The maximum atomic E-state index is 11.1. The molecule has 0 heterocycles. The molecule has 3 aromatic carbocycles. The van der Waals surface area contributed by atoms with Crippen molar-refractivity contribution < 1.29 is 9.53 Å². The molecule has 0 fully saturated rings. The second kappa shape index (κ2) is 7.95. The van der Waals surface area contributed by atoms with Crippen LogP contribution in [0.1, 0.15) is 23.6 Å². The summed E-state index contributed by atoms with van der Waals surface area (Å²) in [5.74, 6) is 0.387. The normalized spacial score (nSPS) is 10.6. The van der Waals surface area contributed by atoms with Gasteiger partial charge in [0.25, 0.3) is 0 Å². The maximum Gasteiger partial charge on any atom is 0.236 e. The largest absolute Gasteiger partial charge is 0.488 e. The first-order chi connectivity index (χ1) is 12.7. The third-order valence-electron chi connectivity index (χ3n) is 3.87. The van der Waals surface area contributed by atoms with E-state index in [1.165, 1.54) is 6.92 Å². The van der Waals surface area contributed by atoms with E-state index in [0.29, 0.717) is 11.3 Å². The van der Waals surface area contributed by atoms with Gasteiger partial charge < -0.3 is 4.74 Å². The zero-order chi connectivity index (χ0) is 18.4. The summed E-state index contributed by atoms with van der Waals surface area (Å²) >= 11 is 0. The van der Waals surface area contributed by atoms with Gasteiger partial charge in [0.2, 0.25) is 5.91 Å². The summed E-state index contributed by atoms with van der Waals surface area (Å²) in [4.78, 5) is 11.1. The summed E-state index contributed by atoms with van der Waals surface area (Å²) in [5, 5.41) is 15.2. The number of amides is 1. The fraction of sp³-hybridized carbons (Fsp3) is 0.0952. The summed E-state index contributed by atoms with van der Waals surface area (Å²) in [6.45, 7) is 1.67. The highest BCUT2D eigenvalue weighted by Crippen LogP contribution is 2.27. The molecule has 0 aromatic heterocycles. The highest BCUT2D eigenvalue weighted by atomic mass is 16.5. The van der Waals surface area contributed by atoms with Crippen molar-refractivity contribution in [3.63, 3.8) is 0 Å². The lowest BCUT2D eigenvalue weighted by atomic mass is 10.0. The number of hydrogen-bond donors (Lipinski definition) is 1. The van der Waals surface area contributed by atoms with Crippen molar-refractivity contribution >= 4 is 22.9 Å². The molecule has 0 saturated carbocycles. The fourth-order valence-corrected chi connectivity index (χ4v) is 2.63. The summed E-state index contributed by atoms with van der Waals surface area (Å²) in [6, 6.07) is 21.2. The molecule has 3 aromatic rings. The van der Waals surface area contributed by atoms with Gasteiger partial charge in [-0.3, -0.25) is 4.79 Å². The van der Waals surface area contributed by atoms with Crippen LogP contribution in [0.25, 0.3) is 10.8 Å². The molecule has 0 aliphatic carbocycles. The second-order valence-electron chi connectivity index (χ2n) is 5.68. The lowest BCUT2D eigenvalue weighted by Gasteiger charge is -2.12. The number of ether oxygens (including phenoxy) is 1. The van der Waals surface area contributed by atoms with Crippen molar-refractivity contribution in [2.24, 2.45) is 5.10 Å². The molecular weight excluding hydrogens is 326 g/mol. The van der Waals surface area contributed by atoms with E-state index in [4.69, 9.17) is 4.74 Å². The minimum Gasteiger partial charge on any atom is -0.488 e. The molecule has 0 unspecified atom stereocenters. The third kappa shape index (κ3) is 3.87. The van der Waals surface area contributed by atoms with Crippen LogP contribution in [0.5, 0.6) is 5.75 Å².